The van der Waals surface area contributed by atoms with Gasteiger partial charge in [0.25, 0.3) is 0 Å². The fraction of sp³-hybridized carbons (Fsp3) is 0.263. The summed E-state index contributed by atoms with van der Waals surface area (Å²) in [5.74, 6) is 0.916. The molecule has 0 saturated carbocycles. The van der Waals surface area contributed by atoms with Crippen LogP contribution in [0.3, 0.4) is 0 Å². The van der Waals surface area contributed by atoms with Crippen LogP contribution in [0.5, 0.6) is 5.75 Å². The molecule has 0 radical (unpaired) electrons. The molecule has 2 nitrogen and oxygen atoms in total. The lowest BCUT2D eigenvalue weighted by molar-refractivity contribution is 0.219. The average molecular weight is 281 g/mol. The van der Waals surface area contributed by atoms with E-state index in [1.807, 2.05) is 24.3 Å². The Morgan fingerprint density at radius 1 is 1.05 bits per heavy atom. The van der Waals surface area contributed by atoms with Crippen LogP contribution in [-0.4, -0.2) is 19.2 Å². The van der Waals surface area contributed by atoms with Crippen molar-refractivity contribution in [1.29, 1.82) is 0 Å². The predicted molar refractivity (Wildman–Crippen MR) is 88.8 cm³/mol. The highest BCUT2D eigenvalue weighted by atomic mass is 16.5. The summed E-state index contributed by atoms with van der Waals surface area (Å²) in [5, 5.41) is 3.26. The number of ether oxygens (including phenoxy) is 1. The van der Waals surface area contributed by atoms with Crippen molar-refractivity contribution in [3.63, 3.8) is 0 Å². The molecular formula is C19H23NO. The normalized spacial score (nSPS) is 11.9. The molecule has 0 spiro atoms. The van der Waals surface area contributed by atoms with Crippen LogP contribution in [0.25, 0.3) is 0 Å². The fourth-order valence-corrected chi connectivity index (χ4v) is 2.18. The largest absolute Gasteiger partial charge is 0.489 e. The van der Waals surface area contributed by atoms with Gasteiger partial charge in [-0.1, -0.05) is 48.5 Å². The SMILES string of the molecule is C=CCNCC(C)Oc1ccc(Cc2ccccc2)cc1. The van der Waals surface area contributed by atoms with E-state index in [1.54, 1.807) is 0 Å². The molecule has 1 atom stereocenters. The van der Waals surface area contributed by atoms with Gasteiger partial charge < -0.3 is 10.1 Å². The molecule has 0 aromatic heterocycles. The van der Waals surface area contributed by atoms with E-state index in [2.05, 4.69) is 55.2 Å². The molecule has 2 heteroatoms. The maximum absolute atomic E-state index is 5.87. The molecule has 0 amide bonds. The predicted octanol–water partition coefficient (Wildman–Crippen LogP) is 3.82. The number of hydrogen-bond donors (Lipinski definition) is 1. The van der Waals surface area contributed by atoms with Crippen LogP contribution in [0, 0.1) is 0 Å². The molecule has 110 valence electrons. The van der Waals surface area contributed by atoms with Gasteiger partial charge in [-0.3, -0.25) is 0 Å². The molecule has 21 heavy (non-hydrogen) atoms. The van der Waals surface area contributed by atoms with Gasteiger partial charge in [0.2, 0.25) is 0 Å². The second kappa shape index (κ2) is 8.28. The van der Waals surface area contributed by atoms with E-state index in [4.69, 9.17) is 4.74 Å². The topological polar surface area (TPSA) is 21.3 Å². The minimum absolute atomic E-state index is 0.143. The molecule has 2 rings (SSSR count). The standard InChI is InChI=1S/C19H23NO/c1-3-13-20-15-16(2)21-19-11-9-18(10-12-19)14-17-7-5-4-6-8-17/h3-12,16,20H,1,13-15H2,2H3. The molecule has 0 saturated heterocycles. The average Bonchev–Trinajstić information content (AvgIpc) is 2.51. The summed E-state index contributed by atoms with van der Waals surface area (Å²) in [7, 11) is 0. The quantitative estimate of drug-likeness (QED) is 0.586. The maximum Gasteiger partial charge on any atom is 0.119 e. The Morgan fingerprint density at radius 2 is 1.71 bits per heavy atom. The summed E-state index contributed by atoms with van der Waals surface area (Å²) in [6.45, 7) is 7.37. The van der Waals surface area contributed by atoms with E-state index in [1.165, 1.54) is 11.1 Å². The molecule has 2 aromatic carbocycles. The molecule has 0 aliphatic carbocycles. The molecule has 0 bridgehead atoms. The highest BCUT2D eigenvalue weighted by Crippen LogP contribution is 2.16. The number of benzene rings is 2. The van der Waals surface area contributed by atoms with E-state index in [0.717, 1.165) is 25.3 Å². The van der Waals surface area contributed by atoms with Crippen molar-refractivity contribution in [2.75, 3.05) is 13.1 Å². The fourth-order valence-electron chi connectivity index (χ4n) is 2.18. The smallest absolute Gasteiger partial charge is 0.119 e. The summed E-state index contributed by atoms with van der Waals surface area (Å²) in [6.07, 6.45) is 2.95. The first-order valence-electron chi connectivity index (χ1n) is 7.39. The Hall–Kier alpha value is -2.06. The van der Waals surface area contributed by atoms with E-state index >= 15 is 0 Å². The summed E-state index contributed by atoms with van der Waals surface area (Å²) < 4.78 is 5.87. The molecule has 1 unspecified atom stereocenters. The third-order valence-electron chi connectivity index (χ3n) is 3.23. The van der Waals surface area contributed by atoms with Gasteiger partial charge in [0.1, 0.15) is 11.9 Å². The van der Waals surface area contributed by atoms with Crippen molar-refractivity contribution in [1.82, 2.24) is 5.32 Å². The van der Waals surface area contributed by atoms with Crippen molar-refractivity contribution in [2.24, 2.45) is 0 Å². The van der Waals surface area contributed by atoms with Gasteiger partial charge in [-0.05, 0) is 36.6 Å². The molecule has 0 heterocycles. The van der Waals surface area contributed by atoms with Crippen molar-refractivity contribution in [3.05, 3.63) is 78.4 Å². The van der Waals surface area contributed by atoms with Crippen molar-refractivity contribution in [3.8, 4) is 5.75 Å². The zero-order chi connectivity index (χ0) is 14.9. The summed E-state index contributed by atoms with van der Waals surface area (Å²) >= 11 is 0. The maximum atomic E-state index is 5.87. The molecule has 0 aliphatic rings. The highest BCUT2D eigenvalue weighted by molar-refractivity contribution is 5.31. The van der Waals surface area contributed by atoms with Crippen molar-refractivity contribution < 1.29 is 4.74 Å². The van der Waals surface area contributed by atoms with Crippen molar-refractivity contribution in [2.45, 2.75) is 19.4 Å². The highest BCUT2D eigenvalue weighted by Gasteiger charge is 2.03. The molecule has 1 N–H and O–H groups in total. The lowest BCUT2D eigenvalue weighted by Gasteiger charge is -2.15. The second-order valence-electron chi connectivity index (χ2n) is 5.18. The van der Waals surface area contributed by atoms with Crippen LogP contribution < -0.4 is 10.1 Å². The number of rotatable bonds is 8. The Morgan fingerprint density at radius 3 is 2.38 bits per heavy atom. The summed E-state index contributed by atoms with van der Waals surface area (Å²) in [4.78, 5) is 0. The van der Waals surface area contributed by atoms with Gasteiger partial charge in [0.15, 0.2) is 0 Å². The first-order chi connectivity index (χ1) is 10.3. The lowest BCUT2D eigenvalue weighted by atomic mass is 10.1. The second-order valence-corrected chi connectivity index (χ2v) is 5.18. The Kier molecular flexibility index (Phi) is 6.04. The van der Waals surface area contributed by atoms with Gasteiger partial charge in [0.05, 0.1) is 0 Å². The first-order valence-corrected chi connectivity index (χ1v) is 7.39. The minimum atomic E-state index is 0.143. The van der Waals surface area contributed by atoms with Gasteiger partial charge >= 0.3 is 0 Å². The summed E-state index contributed by atoms with van der Waals surface area (Å²) in [5.41, 5.74) is 2.62. The Labute approximate surface area is 127 Å². The zero-order valence-electron chi connectivity index (χ0n) is 12.6. The third kappa shape index (κ3) is 5.44. The Balaban J connectivity index is 1.85. The van der Waals surface area contributed by atoms with Gasteiger partial charge in [-0.2, -0.15) is 0 Å². The van der Waals surface area contributed by atoms with Crippen molar-refractivity contribution >= 4 is 0 Å². The van der Waals surface area contributed by atoms with Crippen LogP contribution in [0.4, 0.5) is 0 Å². The minimum Gasteiger partial charge on any atom is -0.489 e. The van der Waals surface area contributed by atoms with E-state index in [9.17, 15) is 0 Å². The van der Waals surface area contributed by atoms with E-state index in [-0.39, 0.29) is 6.10 Å². The third-order valence-corrected chi connectivity index (χ3v) is 3.23. The van der Waals surface area contributed by atoms with Crippen LogP contribution in [0.1, 0.15) is 18.1 Å². The number of nitrogens with one attached hydrogen (secondary N) is 1. The van der Waals surface area contributed by atoms with Crippen LogP contribution in [0.15, 0.2) is 67.3 Å². The van der Waals surface area contributed by atoms with Crippen LogP contribution >= 0.6 is 0 Å². The van der Waals surface area contributed by atoms with Crippen LogP contribution in [-0.2, 0) is 6.42 Å². The van der Waals surface area contributed by atoms with E-state index in [0.29, 0.717) is 0 Å². The molecular weight excluding hydrogens is 258 g/mol. The molecule has 0 aliphatic heterocycles. The summed E-state index contributed by atoms with van der Waals surface area (Å²) in [6, 6.07) is 18.8. The van der Waals surface area contributed by atoms with Gasteiger partial charge in [-0.25, -0.2) is 0 Å². The van der Waals surface area contributed by atoms with Gasteiger partial charge in [0, 0.05) is 13.1 Å². The first kappa shape index (κ1) is 15.3. The van der Waals surface area contributed by atoms with E-state index < -0.39 is 0 Å². The monoisotopic (exact) mass is 281 g/mol. The molecule has 2 aromatic rings. The van der Waals surface area contributed by atoms with Gasteiger partial charge in [-0.15, -0.1) is 6.58 Å². The molecule has 0 fully saturated rings. The Bertz CT molecular complexity index is 533. The lowest BCUT2D eigenvalue weighted by Crippen LogP contribution is -2.28. The zero-order valence-corrected chi connectivity index (χ0v) is 12.6. The van der Waals surface area contributed by atoms with Crippen LogP contribution in [0.2, 0.25) is 0 Å². The number of hydrogen-bond acceptors (Lipinski definition) is 2.